The summed E-state index contributed by atoms with van der Waals surface area (Å²) < 4.78 is 1.77. The molecule has 5 heteroatoms. The lowest BCUT2D eigenvalue weighted by Crippen LogP contribution is -3.07. The fourth-order valence-corrected chi connectivity index (χ4v) is 2.82. The normalized spacial score (nSPS) is 12.1. The predicted octanol–water partition coefficient (Wildman–Crippen LogP) is 1.49. The fraction of sp³-hybridized carbons (Fsp3) is 0.200. The van der Waals surface area contributed by atoms with Crippen LogP contribution in [0.3, 0.4) is 0 Å². The molecule has 0 aliphatic heterocycles. The SMILES string of the molecule is C[NH+](C)[C@@H](CNC(=O)c1ccc(-n2cccn2)cc1)c1ccccc1. The Morgan fingerprint density at radius 3 is 2.40 bits per heavy atom. The summed E-state index contributed by atoms with van der Waals surface area (Å²) in [7, 11) is 4.20. The van der Waals surface area contributed by atoms with Crippen molar-refractivity contribution in [2.45, 2.75) is 6.04 Å². The molecule has 1 amide bonds. The van der Waals surface area contributed by atoms with Gasteiger partial charge in [0.1, 0.15) is 6.04 Å². The summed E-state index contributed by atoms with van der Waals surface area (Å²) in [4.78, 5) is 13.7. The number of aromatic nitrogens is 2. The second kappa shape index (κ2) is 7.77. The van der Waals surface area contributed by atoms with Crippen LogP contribution in [0.1, 0.15) is 22.0 Å². The number of carbonyl (C=O) groups excluding carboxylic acids is 1. The molecule has 3 rings (SSSR count). The van der Waals surface area contributed by atoms with E-state index in [2.05, 4.69) is 36.6 Å². The van der Waals surface area contributed by atoms with Crippen LogP contribution >= 0.6 is 0 Å². The first-order valence-corrected chi connectivity index (χ1v) is 8.38. The molecule has 0 saturated heterocycles. The summed E-state index contributed by atoms with van der Waals surface area (Å²) in [5.41, 5.74) is 2.80. The Morgan fingerprint density at radius 2 is 1.80 bits per heavy atom. The molecule has 0 aliphatic carbocycles. The molecule has 2 N–H and O–H groups in total. The van der Waals surface area contributed by atoms with E-state index in [4.69, 9.17) is 0 Å². The third kappa shape index (κ3) is 4.14. The highest BCUT2D eigenvalue weighted by Crippen LogP contribution is 2.10. The van der Waals surface area contributed by atoms with Crippen LogP contribution in [0.5, 0.6) is 0 Å². The van der Waals surface area contributed by atoms with Crippen LogP contribution in [0.2, 0.25) is 0 Å². The van der Waals surface area contributed by atoms with Gasteiger partial charge in [0.2, 0.25) is 0 Å². The van der Waals surface area contributed by atoms with E-state index in [0.717, 1.165) is 5.69 Å². The molecule has 0 radical (unpaired) electrons. The highest BCUT2D eigenvalue weighted by atomic mass is 16.1. The van der Waals surface area contributed by atoms with Crippen molar-refractivity contribution >= 4 is 5.91 Å². The van der Waals surface area contributed by atoms with E-state index in [1.807, 2.05) is 54.7 Å². The Kier molecular flexibility index (Phi) is 5.26. The molecular weight excluding hydrogens is 312 g/mol. The molecule has 0 bridgehead atoms. The minimum absolute atomic E-state index is 0.0609. The summed E-state index contributed by atoms with van der Waals surface area (Å²) in [6, 6.07) is 19.8. The van der Waals surface area contributed by atoms with Gasteiger partial charge in [-0.05, 0) is 30.3 Å². The third-order valence-electron chi connectivity index (χ3n) is 4.26. The number of carbonyl (C=O) groups is 1. The van der Waals surface area contributed by atoms with Gasteiger partial charge in [0.05, 0.1) is 26.3 Å². The predicted molar refractivity (Wildman–Crippen MR) is 97.9 cm³/mol. The van der Waals surface area contributed by atoms with Gasteiger partial charge in [-0.25, -0.2) is 4.68 Å². The maximum Gasteiger partial charge on any atom is 0.251 e. The second-order valence-corrected chi connectivity index (χ2v) is 6.25. The molecule has 0 unspecified atom stereocenters. The number of nitrogens with zero attached hydrogens (tertiary/aromatic N) is 2. The summed E-state index contributed by atoms with van der Waals surface area (Å²) >= 11 is 0. The molecular formula is C20H23N4O+. The minimum atomic E-state index is -0.0609. The molecule has 1 heterocycles. The van der Waals surface area contributed by atoms with Crippen LogP contribution in [0.15, 0.2) is 73.1 Å². The zero-order valence-corrected chi connectivity index (χ0v) is 14.5. The number of rotatable bonds is 6. The molecule has 0 aliphatic rings. The zero-order valence-electron chi connectivity index (χ0n) is 14.5. The molecule has 128 valence electrons. The van der Waals surface area contributed by atoms with E-state index >= 15 is 0 Å². The van der Waals surface area contributed by atoms with E-state index in [-0.39, 0.29) is 11.9 Å². The highest BCUT2D eigenvalue weighted by molar-refractivity contribution is 5.94. The van der Waals surface area contributed by atoms with Gasteiger partial charge in [-0.15, -0.1) is 0 Å². The van der Waals surface area contributed by atoms with Gasteiger partial charge in [-0.3, -0.25) is 4.79 Å². The summed E-state index contributed by atoms with van der Waals surface area (Å²) in [6.45, 7) is 0.589. The highest BCUT2D eigenvalue weighted by Gasteiger charge is 2.18. The quantitative estimate of drug-likeness (QED) is 0.717. The van der Waals surface area contributed by atoms with Crippen molar-refractivity contribution < 1.29 is 9.69 Å². The Labute approximate surface area is 147 Å². The first-order valence-electron chi connectivity index (χ1n) is 8.38. The average molecular weight is 335 g/mol. The van der Waals surface area contributed by atoms with Gasteiger partial charge < -0.3 is 10.2 Å². The minimum Gasteiger partial charge on any atom is -0.346 e. The number of benzene rings is 2. The fourth-order valence-electron chi connectivity index (χ4n) is 2.82. The van der Waals surface area contributed by atoms with Crippen LogP contribution in [0.25, 0.3) is 5.69 Å². The van der Waals surface area contributed by atoms with E-state index in [0.29, 0.717) is 12.1 Å². The first-order chi connectivity index (χ1) is 12.1. The molecule has 2 aromatic carbocycles. The van der Waals surface area contributed by atoms with Crippen LogP contribution in [0.4, 0.5) is 0 Å². The number of hydrogen-bond acceptors (Lipinski definition) is 2. The van der Waals surface area contributed by atoms with Crippen LogP contribution < -0.4 is 10.2 Å². The number of hydrogen-bond donors (Lipinski definition) is 2. The average Bonchev–Trinajstić information content (AvgIpc) is 3.17. The van der Waals surface area contributed by atoms with Crippen molar-refractivity contribution in [2.75, 3.05) is 20.6 Å². The third-order valence-corrected chi connectivity index (χ3v) is 4.26. The maximum atomic E-state index is 12.5. The van der Waals surface area contributed by atoms with Crippen LogP contribution in [0, 0.1) is 0 Å². The van der Waals surface area contributed by atoms with Crippen molar-refractivity contribution in [3.63, 3.8) is 0 Å². The van der Waals surface area contributed by atoms with Gasteiger partial charge >= 0.3 is 0 Å². The van der Waals surface area contributed by atoms with Crippen molar-refractivity contribution in [1.29, 1.82) is 0 Å². The topological polar surface area (TPSA) is 51.4 Å². The Balaban J connectivity index is 1.65. The summed E-state index contributed by atoms with van der Waals surface area (Å²) in [6.07, 6.45) is 3.60. The molecule has 3 aromatic rings. The number of nitrogens with one attached hydrogen (secondary N) is 2. The van der Waals surface area contributed by atoms with E-state index in [1.165, 1.54) is 10.5 Å². The standard InChI is InChI=1S/C20H22N4O/c1-23(2)19(16-7-4-3-5-8-16)15-21-20(25)17-9-11-18(12-10-17)24-14-6-13-22-24/h3-14,19H,15H2,1-2H3,(H,21,25)/p+1/t19-/m0/s1. The molecule has 0 saturated carbocycles. The van der Waals surface area contributed by atoms with Crippen molar-refractivity contribution in [2.24, 2.45) is 0 Å². The van der Waals surface area contributed by atoms with Gasteiger partial charge in [0.15, 0.2) is 0 Å². The summed E-state index contributed by atoms with van der Waals surface area (Å²) in [5, 5.41) is 7.24. The Morgan fingerprint density at radius 1 is 1.08 bits per heavy atom. The van der Waals surface area contributed by atoms with Crippen molar-refractivity contribution in [3.8, 4) is 5.69 Å². The van der Waals surface area contributed by atoms with E-state index in [9.17, 15) is 4.79 Å². The van der Waals surface area contributed by atoms with Crippen molar-refractivity contribution in [3.05, 3.63) is 84.2 Å². The molecule has 25 heavy (non-hydrogen) atoms. The van der Waals surface area contributed by atoms with Gasteiger partial charge in [-0.2, -0.15) is 5.10 Å². The molecule has 0 fully saturated rings. The Hall–Kier alpha value is -2.92. The lowest BCUT2D eigenvalue weighted by Gasteiger charge is -2.22. The summed E-state index contributed by atoms with van der Waals surface area (Å²) in [5.74, 6) is -0.0609. The molecule has 5 nitrogen and oxygen atoms in total. The molecule has 0 spiro atoms. The zero-order chi connectivity index (χ0) is 17.6. The smallest absolute Gasteiger partial charge is 0.251 e. The van der Waals surface area contributed by atoms with Gasteiger partial charge in [0, 0.05) is 23.5 Å². The number of amides is 1. The van der Waals surface area contributed by atoms with Crippen molar-refractivity contribution in [1.82, 2.24) is 15.1 Å². The largest absolute Gasteiger partial charge is 0.346 e. The van der Waals surface area contributed by atoms with Crippen LogP contribution in [-0.2, 0) is 0 Å². The monoisotopic (exact) mass is 335 g/mol. The van der Waals surface area contributed by atoms with E-state index < -0.39 is 0 Å². The number of quaternary nitrogens is 1. The Bertz CT molecular complexity index is 795. The van der Waals surface area contributed by atoms with Gasteiger partial charge in [-0.1, -0.05) is 30.3 Å². The first kappa shape index (κ1) is 16.9. The van der Waals surface area contributed by atoms with E-state index in [1.54, 1.807) is 10.9 Å². The lowest BCUT2D eigenvalue weighted by atomic mass is 10.1. The lowest BCUT2D eigenvalue weighted by molar-refractivity contribution is -0.890. The van der Waals surface area contributed by atoms with Gasteiger partial charge in [0.25, 0.3) is 5.91 Å². The molecule has 1 aromatic heterocycles. The molecule has 1 atom stereocenters. The maximum absolute atomic E-state index is 12.5. The second-order valence-electron chi connectivity index (χ2n) is 6.25. The van der Waals surface area contributed by atoms with Crippen LogP contribution in [-0.4, -0.2) is 36.3 Å². The number of likely N-dealkylation sites (N-methyl/N-ethyl adjacent to an activating group) is 1.